The maximum atomic E-state index is 12.9. The first kappa shape index (κ1) is 19.1. The van der Waals surface area contributed by atoms with Crippen LogP contribution in [0.5, 0.6) is 5.75 Å². The van der Waals surface area contributed by atoms with E-state index < -0.39 is 0 Å². The molecule has 0 spiro atoms. The summed E-state index contributed by atoms with van der Waals surface area (Å²) in [6.45, 7) is 0.581. The number of fused-ring (bicyclic) bond motifs is 1. The minimum Gasteiger partial charge on any atom is -0.493 e. The van der Waals surface area contributed by atoms with Crippen LogP contribution in [0.4, 0.5) is 11.4 Å². The van der Waals surface area contributed by atoms with Crippen LogP contribution in [0.2, 0.25) is 0 Å². The minimum absolute atomic E-state index is 0.00477. The zero-order valence-electron chi connectivity index (χ0n) is 15.7. The van der Waals surface area contributed by atoms with Gasteiger partial charge in [0.2, 0.25) is 5.91 Å². The molecule has 0 saturated carbocycles. The van der Waals surface area contributed by atoms with Crippen LogP contribution in [0.15, 0.2) is 83.8 Å². The number of hydrogen-bond donors (Lipinski definition) is 1. The van der Waals surface area contributed by atoms with Crippen molar-refractivity contribution in [3.63, 3.8) is 0 Å². The number of para-hydroxylation sites is 2. The number of nitrogens with one attached hydrogen (secondary N) is 1. The second kappa shape index (κ2) is 8.84. The fourth-order valence-electron chi connectivity index (χ4n) is 3.10. The fourth-order valence-corrected chi connectivity index (χ4v) is 3.85. The lowest BCUT2D eigenvalue weighted by Gasteiger charge is -2.29. The van der Waals surface area contributed by atoms with Gasteiger partial charge in [-0.05, 0) is 48.5 Å². The summed E-state index contributed by atoms with van der Waals surface area (Å²) in [6.07, 6.45) is 0. The van der Waals surface area contributed by atoms with E-state index in [-0.39, 0.29) is 18.4 Å². The van der Waals surface area contributed by atoms with Crippen LogP contribution in [0.1, 0.15) is 10.4 Å². The molecule has 146 valence electrons. The molecule has 1 aliphatic heterocycles. The van der Waals surface area contributed by atoms with Gasteiger partial charge in [0.05, 0.1) is 18.0 Å². The highest BCUT2D eigenvalue weighted by molar-refractivity contribution is 7.99. The molecule has 0 aliphatic carbocycles. The Balaban J connectivity index is 1.36. The van der Waals surface area contributed by atoms with Crippen molar-refractivity contribution in [2.45, 2.75) is 4.90 Å². The molecule has 0 radical (unpaired) electrons. The molecule has 0 bridgehead atoms. The molecule has 3 aromatic carbocycles. The smallest absolute Gasteiger partial charge is 0.258 e. The van der Waals surface area contributed by atoms with Gasteiger partial charge < -0.3 is 10.1 Å². The summed E-state index contributed by atoms with van der Waals surface area (Å²) in [5.74, 6) is 1.14. The summed E-state index contributed by atoms with van der Waals surface area (Å²) in [4.78, 5) is 27.6. The molecule has 2 amide bonds. The van der Waals surface area contributed by atoms with Crippen LogP contribution in [0.3, 0.4) is 0 Å². The summed E-state index contributed by atoms with van der Waals surface area (Å²) in [5.41, 5.74) is 1.86. The van der Waals surface area contributed by atoms with Gasteiger partial charge in [0, 0.05) is 16.2 Å². The quantitative estimate of drug-likeness (QED) is 0.487. The van der Waals surface area contributed by atoms with Gasteiger partial charge in [-0.1, -0.05) is 30.3 Å². The summed E-state index contributed by atoms with van der Waals surface area (Å²) < 4.78 is 5.77. The Morgan fingerprint density at radius 2 is 1.69 bits per heavy atom. The lowest BCUT2D eigenvalue weighted by molar-refractivity contribution is -0.115. The number of thioether (sulfide) groups is 1. The minimum atomic E-state index is -0.210. The second-order valence-electron chi connectivity index (χ2n) is 6.49. The average molecular weight is 404 g/mol. The Bertz CT molecular complexity index is 1010. The lowest BCUT2D eigenvalue weighted by atomic mass is 10.1. The number of hydrogen-bond acceptors (Lipinski definition) is 4. The van der Waals surface area contributed by atoms with E-state index in [0.717, 1.165) is 5.75 Å². The third-order valence-corrected chi connectivity index (χ3v) is 5.46. The number of rotatable bonds is 6. The molecule has 1 N–H and O–H groups in total. The molecule has 1 heterocycles. The first-order chi connectivity index (χ1) is 14.2. The largest absolute Gasteiger partial charge is 0.493 e. The van der Waals surface area contributed by atoms with Crippen molar-refractivity contribution in [2.24, 2.45) is 0 Å². The maximum Gasteiger partial charge on any atom is 0.258 e. The molecule has 4 rings (SSSR count). The number of nitrogens with zero attached hydrogens (tertiary/aromatic N) is 1. The van der Waals surface area contributed by atoms with Crippen LogP contribution >= 0.6 is 11.8 Å². The predicted octanol–water partition coefficient (Wildman–Crippen LogP) is 4.46. The van der Waals surface area contributed by atoms with Crippen LogP contribution in [-0.2, 0) is 4.79 Å². The third kappa shape index (κ3) is 4.60. The van der Waals surface area contributed by atoms with E-state index in [1.54, 1.807) is 42.1 Å². The standard InChI is InChI=1S/C23H20N2O3S/c26-22-16-25(21-9-5-4-8-20(21)24-22)23(27)17-10-12-18(13-11-17)28-14-15-29-19-6-2-1-3-7-19/h1-13H,14-16H2,(H,24,26). The summed E-state index contributed by atoms with van der Waals surface area (Å²) >= 11 is 1.74. The second-order valence-corrected chi connectivity index (χ2v) is 7.66. The molecule has 0 unspecified atom stereocenters. The Morgan fingerprint density at radius 3 is 2.48 bits per heavy atom. The molecular weight excluding hydrogens is 384 g/mol. The fraction of sp³-hybridized carbons (Fsp3) is 0.130. The van der Waals surface area contributed by atoms with Crippen LogP contribution in [0, 0.1) is 0 Å². The summed E-state index contributed by atoms with van der Waals surface area (Å²) in [5, 5.41) is 2.79. The van der Waals surface area contributed by atoms with Gasteiger partial charge >= 0.3 is 0 Å². The van der Waals surface area contributed by atoms with Crippen molar-refractivity contribution in [1.82, 2.24) is 0 Å². The normalized spacial score (nSPS) is 12.8. The topological polar surface area (TPSA) is 58.6 Å². The molecule has 1 aliphatic rings. The predicted molar refractivity (Wildman–Crippen MR) is 116 cm³/mol. The van der Waals surface area contributed by atoms with Gasteiger partial charge in [-0.2, -0.15) is 0 Å². The van der Waals surface area contributed by atoms with E-state index >= 15 is 0 Å². The molecule has 0 fully saturated rings. The van der Waals surface area contributed by atoms with E-state index in [1.165, 1.54) is 9.80 Å². The van der Waals surface area contributed by atoms with Gasteiger partial charge in [0.15, 0.2) is 0 Å². The van der Waals surface area contributed by atoms with Crippen molar-refractivity contribution in [3.05, 3.63) is 84.4 Å². The van der Waals surface area contributed by atoms with E-state index in [9.17, 15) is 9.59 Å². The number of carbonyl (C=O) groups excluding carboxylic acids is 2. The molecule has 0 saturated heterocycles. The van der Waals surface area contributed by atoms with Crippen molar-refractivity contribution in [3.8, 4) is 5.75 Å². The number of benzene rings is 3. The molecule has 0 aromatic heterocycles. The highest BCUT2D eigenvalue weighted by Gasteiger charge is 2.27. The van der Waals surface area contributed by atoms with Crippen molar-refractivity contribution < 1.29 is 14.3 Å². The maximum absolute atomic E-state index is 12.9. The monoisotopic (exact) mass is 404 g/mol. The molecule has 6 heteroatoms. The number of ether oxygens (including phenoxy) is 1. The Kier molecular flexibility index (Phi) is 5.81. The van der Waals surface area contributed by atoms with Gasteiger partial charge in [-0.15, -0.1) is 11.8 Å². The first-order valence-electron chi connectivity index (χ1n) is 9.32. The van der Waals surface area contributed by atoms with E-state index in [4.69, 9.17) is 4.74 Å². The van der Waals surface area contributed by atoms with Crippen LogP contribution < -0.4 is 15.0 Å². The Hall–Kier alpha value is -3.25. The molecular formula is C23H20N2O3S. The molecule has 3 aromatic rings. The molecule has 29 heavy (non-hydrogen) atoms. The van der Waals surface area contributed by atoms with Gasteiger partial charge in [-0.25, -0.2) is 0 Å². The lowest BCUT2D eigenvalue weighted by Crippen LogP contribution is -2.42. The zero-order chi connectivity index (χ0) is 20.1. The SMILES string of the molecule is O=C1CN(C(=O)c2ccc(OCCSc3ccccc3)cc2)c2ccccc2N1. The molecule has 0 atom stereocenters. The van der Waals surface area contributed by atoms with Gasteiger partial charge in [-0.3, -0.25) is 14.5 Å². The van der Waals surface area contributed by atoms with E-state index in [1.807, 2.05) is 36.4 Å². The van der Waals surface area contributed by atoms with Gasteiger partial charge in [0.25, 0.3) is 5.91 Å². The number of anilines is 2. The number of amides is 2. The number of carbonyl (C=O) groups is 2. The van der Waals surface area contributed by atoms with E-state index in [2.05, 4.69) is 17.4 Å². The van der Waals surface area contributed by atoms with Crippen molar-refractivity contribution in [2.75, 3.05) is 29.1 Å². The Morgan fingerprint density at radius 1 is 0.966 bits per heavy atom. The third-order valence-electron chi connectivity index (χ3n) is 4.48. The van der Waals surface area contributed by atoms with E-state index in [0.29, 0.717) is 29.3 Å². The first-order valence-corrected chi connectivity index (χ1v) is 10.3. The summed E-state index contributed by atoms with van der Waals surface area (Å²) in [7, 11) is 0. The summed E-state index contributed by atoms with van der Waals surface area (Å²) in [6, 6.07) is 24.5. The van der Waals surface area contributed by atoms with Crippen LogP contribution in [-0.4, -0.2) is 30.7 Å². The zero-order valence-corrected chi connectivity index (χ0v) is 16.5. The van der Waals surface area contributed by atoms with Crippen molar-refractivity contribution >= 4 is 35.0 Å². The average Bonchev–Trinajstić information content (AvgIpc) is 2.77. The highest BCUT2D eigenvalue weighted by Crippen LogP contribution is 2.30. The Labute approximate surface area is 173 Å². The van der Waals surface area contributed by atoms with Gasteiger partial charge in [0.1, 0.15) is 12.3 Å². The van der Waals surface area contributed by atoms with Crippen LogP contribution in [0.25, 0.3) is 0 Å². The highest BCUT2D eigenvalue weighted by atomic mass is 32.2. The van der Waals surface area contributed by atoms with Crippen molar-refractivity contribution in [1.29, 1.82) is 0 Å². The molecule has 5 nitrogen and oxygen atoms in total.